The van der Waals surface area contributed by atoms with Gasteiger partial charge in [-0.2, -0.15) is 0 Å². The minimum Gasteiger partial charge on any atom is -0.288 e. The molecule has 1 nitrogen and oxygen atoms in total. The maximum atomic E-state index is 12.5. The lowest BCUT2D eigenvalue weighted by atomic mass is 10.1. The summed E-state index contributed by atoms with van der Waals surface area (Å²) in [5.41, 5.74) is 0.741. The molecule has 0 aliphatic carbocycles. The smallest absolute Gasteiger partial charge is 0.199 e. The predicted molar refractivity (Wildman–Crippen MR) is 81.4 cm³/mol. The highest BCUT2D eigenvalue weighted by Crippen LogP contribution is 2.29. The molecule has 19 heavy (non-hydrogen) atoms. The Hall–Kier alpha value is -1.80. The molecule has 0 unspecified atom stereocenters. The van der Waals surface area contributed by atoms with Crippen molar-refractivity contribution in [2.45, 2.75) is 18.2 Å². The van der Waals surface area contributed by atoms with Crippen molar-refractivity contribution in [3.63, 3.8) is 0 Å². The highest BCUT2D eigenvalue weighted by Gasteiger charge is 2.12. The topological polar surface area (TPSA) is 17.1 Å². The van der Waals surface area contributed by atoms with Crippen LogP contribution in [0.25, 0.3) is 0 Å². The zero-order chi connectivity index (χ0) is 13.5. The highest BCUT2D eigenvalue weighted by molar-refractivity contribution is 8.04. The molecule has 0 saturated carbocycles. The van der Waals surface area contributed by atoms with Gasteiger partial charge in [0.15, 0.2) is 5.78 Å². The third-order valence-corrected chi connectivity index (χ3v) is 3.70. The van der Waals surface area contributed by atoms with Gasteiger partial charge in [0.1, 0.15) is 0 Å². The van der Waals surface area contributed by atoms with Crippen molar-refractivity contribution < 1.29 is 4.79 Å². The van der Waals surface area contributed by atoms with E-state index in [4.69, 9.17) is 0 Å². The van der Waals surface area contributed by atoms with Crippen LogP contribution in [-0.4, -0.2) is 5.78 Å². The van der Waals surface area contributed by atoms with Crippen LogP contribution in [0.3, 0.4) is 0 Å². The lowest BCUT2D eigenvalue weighted by molar-refractivity contribution is 0.104. The maximum absolute atomic E-state index is 12.5. The minimum atomic E-state index is 0.0938. The van der Waals surface area contributed by atoms with Gasteiger partial charge < -0.3 is 0 Å². The first-order valence-electron chi connectivity index (χ1n) is 6.34. The average Bonchev–Trinajstić information content (AvgIpc) is 2.48. The number of carbonyl (C=O) groups excluding carboxylic acids is 1. The molecular weight excluding hydrogens is 252 g/mol. The summed E-state index contributed by atoms with van der Waals surface area (Å²) in [6.07, 6.45) is 2.85. The molecule has 2 heteroatoms. The van der Waals surface area contributed by atoms with Crippen molar-refractivity contribution in [1.29, 1.82) is 0 Å². The van der Waals surface area contributed by atoms with E-state index in [1.165, 1.54) is 11.8 Å². The molecule has 0 aromatic heterocycles. The summed E-state index contributed by atoms with van der Waals surface area (Å²) >= 11 is 1.53. The van der Waals surface area contributed by atoms with Crippen LogP contribution in [0, 0.1) is 0 Å². The summed E-state index contributed by atoms with van der Waals surface area (Å²) in [5.74, 6) is 0.0938. The number of allylic oxidation sites excluding steroid dienone is 2. The van der Waals surface area contributed by atoms with Gasteiger partial charge in [-0.15, -0.1) is 0 Å². The van der Waals surface area contributed by atoms with Crippen molar-refractivity contribution in [3.05, 3.63) is 77.2 Å². The van der Waals surface area contributed by atoms with Crippen LogP contribution in [0.4, 0.5) is 0 Å². The van der Waals surface area contributed by atoms with Gasteiger partial charge in [-0.25, -0.2) is 0 Å². The molecule has 0 N–H and O–H groups in total. The number of ketones is 1. The summed E-state index contributed by atoms with van der Waals surface area (Å²) in [6, 6.07) is 19.4. The number of hydrogen-bond acceptors (Lipinski definition) is 2. The lowest BCUT2D eigenvalue weighted by Gasteiger charge is -2.06. The maximum Gasteiger partial charge on any atom is 0.199 e. The fraction of sp³-hybridized carbons (Fsp3) is 0.118. The van der Waals surface area contributed by atoms with Gasteiger partial charge in [0.25, 0.3) is 0 Å². The fourth-order valence-corrected chi connectivity index (χ4v) is 2.72. The second kappa shape index (κ2) is 6.95. The molecule has 96 valence electrons. The van der Waals surface area contributed by atoms with Crippen LogP contribution in [-0.2, 0) is 0 Å². The number of carbonyl (C=O) groups is 1. The molecule has 0 fully saturated rings. The first-order chi connectivity index (χ1) is 9.31. The quantitative estimate of drug-likeness (QED) is 0.433. The standard InChI is InChI=1S/C17H16OS/c1-2-9-16(19-15-12-7-4-8-13-15)17(18)14-10-5-3-6-11-14/h3-13H,2H2,1H3/b16-9-. The Morgan fingerprint density at radius 2 is 1.58 bits per heavy atom. The average molecular weight is 268 g/mol. The zero-order valence-corrected chi connectivity index (χ0v) is 11.7. The van der Waals surface area contributed by atoms with E-state index in [0.717, 1.165) is 21.8 Å². The largest absolute Gasteiger partial charge is 0.288 e. The van der Waals surface area contributed by atoms with E-state index in [1.807, 2.05) is 73.7 Å². The first-order valence-corrected chi connectivity index (χ1v) is 7.15. The molecule has 2 aromatic rings. The molecule has 0 aliphatic heterocycles. The van der Waals surface area contributed by atoms with E-state index < -0.39 is 0 Å². The van der Waals surface area contributed by atoms with Crippen LogP contribution in [0.5, 0.6) is 0 Å². The lowest BCUT2D eigenvalue weighted by Crippen LogP contribution is -2.00. The molecule has 0 amide bonds. The number of Topliss-reactive ketones (excluding diaryl/α,β-unsaturated/α-hetero) is 1. The Bertz CT molecular complexity index is 558. The monoisotopic (exact) mass is 268 g/mol. The van der Waals surface area contributed by atoms with Gasteiger partial charge in [0.2, 0.25) is 0 Å². The molecule has 0 heterocycles. The van der Waals surface area contributed by atoms with Crippen LogP contribution >= 0.6 is 11.8 Å². The number of benzene rings is 2. The number of rotatable bonds is 5. The van der Waals surface area contributed by atoms with Crippen LogP contribution in [0.1, 0.15) is 23.7 Å². The summed E-state index contributed by atoms with van der Waals surface area (Å²) in [4.78, 5) is 14.3. The Balaban J connectivity index is 2.22. The van der Waals surface area contributed by atoms with E-state index >= 15 is 0 Å². The van der Waals surface area contributed by atoms with E-state index in [0.29, 0.717) is 0 Å². The Morgan fingerprint density at radius 1 is 1.00 bits per heavy atom. The van der Waals surface area contributed by atoms with Gasteiger partial charge >= 0.3 is 0 Å². The summed E-state index contributed by atoms with van der Waals surface area (Å²) in [6.45, 7) is 2.05. The highest BCUT2D eigenvalue weighted by atomic mass is 32.2. The molecule has 0 aliphatic rings. The van der Waals surface area contributed by atoms with Gasteiger partial charge in [-0.3, -0.25) is 4.79 Å². The third kappa shape index (κ3) is 3.83. The molecule has 2 aromatic carbocycles. The first kappa shape index (κ1) is 13.6. The molecule has 0 bridgehead atoms. The molecule has 2 rings (SSSR count). The molecule has 0 saturated heterocycles. The second-order valence-electron chi connectivity index (χ2n) is 4.09. The van der Waals surface area contributed by atoms with Crippen LogP contribution in [0.15, 0.2) is 76.5 Å². The molecule has 0 atom stereocenters. The van der Waals surface area contributed by atoms with Gasteiger partial charge in [0, 0.05) is 10.5 Å². The Kier molecular flexibility index (Phi) is 4.99. The Labute approximate surface area is 118 Å². The SMILES string of the molecule is CC/C=C(\Sc1ccccc1)C(=O)c1ccccc1. The molecule has 0 radical (unpaired) electrons. The van der Waals surface area contributed by atoms with Crippen molar-refractivity contribution in [2.75, 3.05) is 0 Å². The second-order valence-corrected chi connectivity index (χ2v) is 5.20. The van der Waals surface area contributed by atoms with E-state index in [9.17, 15) is 4.79 Å². The summed E-state index contributed by atoms with van der Waals surface area (Å²) in [5, 5.41) is 0. The zero-order valence-electron chi connectivity index (χ0n) is 10.9. The fourth-order valence-electron chi connectivity index (χ4n) is 1.71. The summed E-state index contributed by atoms with van der Waals surface area (Å²) in [7, 11) is 0. The minimum absolute atomic E-state index is 0.0938. The number of hydrogen-bond donors (Lipinski definition) is 0. The van der Waals surface area contributed by atoms with Crippen molar-refractivity contribution in [3.8, 4) is 0 Å². The van der Waals surface area contributed by atoms with Crippen LogP contribution < -0.4 is 0 Å². The summed E-state index contributed by atoms with van der Waals surface area (Å²) < 4.78 is 0. The van der Waals surface area contributed by atoms with Crippen molar-refractivity contribution in [1.82, 2.24) is 0 Å². The number of thioether (sulfide) groups is 1. The molecule has 0 spiro atoms. The molecular formula is C17H16OS. The van der Waals surface area contributed by atoms with Crippen molar-refractivity contribution >= 4 is 17.5 Å². The van der Waals surface area contributed by atoms with E-state index in [2.05, 4.69) is 0 Å². The normalized spacial score (nSPS) is 11.3. The van der Waals surface area contributed by atoms with Gasteiger partial charge in [0.05, 0.1) is 4.91 Å². The third-order valence-electron chi connectivity index (χ3n) is 2.62. The van der Waals surface area contributed by atoms with Crippen molar-refractivity contribution in [2.24, 2.45) is 0 Å². The predicted octanol–water partition coefficient (Wildman–Crippen LogP) is 4.96. The van der Waals surface area contributed by atoms with E-state index in [-0.39, 0.29) is 5.78 Å². The van der Waals surface area contributed by atoms with Crippen LogP contribution in [0.2, 0.25) is 0 Å². The van der Waals surface area contributed by atoms with E-state index in [1.54, 1.807) is 0 Å². The Morgan fingerprint density at radius 3 is 2.16 bits per heavy atom. The van der Waals surface area contributed by atoms with Gasteiger partial charge in [-0.1, -0.05) is 73.3 Å². The van der Waals surface area contributed by atoms with Gasteiger partial charge in [-0.05, 0) is 18.6 Å².